The van der Waals surface area contributed by atoms with Gasteiger partial charge >= 0.3 is 0 Å². The first-order chi connectivity index (χ1) is 8.18. The predicted octanol–water partition coefficient (Wildman–Crippen LogP) is 1.62. The van der Waals surface area contributed by atoms with Crippen molar-refractivity contribution in [2.75, 3.05) is 11.1 Å². The van der Waals surface area contributed by atoms with Gasteiger partial charge in [0.2, 0.25) is 0 Å². The second-order valence-corrected chi connectivity index (χ2v) is 3.59. The number of carbonyl (C=O) groups excluding carboxylic acids is 1. The second-order valence-electron chi connectivity index (χ2n) is 3.59. The number of anilines is 2. The minimum atomic E-state index is -0.322. The van der Waals surface area contributed by atoms with Crippen molar-refractivity contribution in [1.82, 2.24) is 9.97 Å². The summed E-state index contributed by atoms with van der Waals surface area (Å²) >= 11 is 0. The lowest BCUT2D eigenvalue weighted by molar-refractivity contribution is 0.102. The van der Waals surface area contributed by atoms with Crippen LogP contribution in [0.2, 0.25) is 0 Å². The number of hydrogen-bond donors (Lipinski definition) is 2. The summed E-state index contributed by atoms with van der Waals surface area (Å²) in [5, 5.41) is 2.75. The second kappa shape index (κ2) is 4.61. The maximum atomic E-state index is 11.9. The third-order valence-electron chi connectivity index (χ3n) is 2.32. The molecule has 0 aromatic carbocycles. The van der Waals surface area contributed by atoms with Gasteiger partial charge in [0.25, 0.3) is 5.91 Å². The SMILES string of the molecule is Cc1cnccc1NC(=O)c1ncccc1N. The van der Waals surface area contributed by atoms with Gasteiger partial charge in [-0.2, -0.15) is 0 Å². The summed E-state index contributed by atoms with van der Waals surface area (Å²) in [5.74, 6) is -0.322. The molecule has 2 aromatic rings. The molecule has 0 fully saturated rings. The monoisotopic (exact) mass is 228 g/mol. The van der Waals surface area contributed by atoms with Gasteiger partial charge in [-0.25, -0.2) is 4.98 Å². The molecule has 5 heteroatoms. The van der Waals surface area contributed by atoms with Gasteiger partial charge in [0.1, 0.15) is 0 Å². The molecule has 0 saturated carbocycles. The summed E-state index contributed by atoms with van der Waals surface area (Å²) in [6.07, 6.45) is 4.83. The molecule has 0 atom stereocenters. The Morgan fingerprint density at radius 3 is 2.88 bits per heavy atom. The topological polar surface area (TPSA) is 80.9 Å². The molecular weight excluding hydrogens is 216 g/mol. The fourth-order valence-electron chi connectivity index (χ4n) is 1.40. The van der Waals surface area contributed by atoms with Gasteiger partial charge in [0.05, 0.1) is 5.69 Å². The molecule has 2 rings (SSSR count). The largest absolute Gasteiger partial charge is 0.397 e. The Balaban J connectivity index is 2.24. The zero-order valence-electron chi connectivity index (χ0n) is 9.34. The minimum Gasteiger partial charge on any atom is -0.397 e. The molecule has 2 aromatic heterocycles. The van der Waals surface area contributed by atoms with E-state index in [-0.39, 0.29) is 11.6 Å². The van der Waals surface area contributed by atoms with Gasteiger partial charge in [-0.15, -0.1) is 0 Å². The van der Waals surface area contributed by atoms with Gasteiger partial charge in [-0.3, -0.25) is 9.78 Å². The van der Waals surface area contributed by atoms with E-state index in [4.69, 9.17) is 5.73 Å². The predicted molar refractivity (Wildman–Crippen MR) is 65.6 cm³/mol. The molecule has 5 nitrogen and oxygen atoms in total. The Labute approximate surface area is 98.7 Å². The van der Waals surface area contributed by atoms with Crippen LogP contribution in [-0.4, -0.2) is 15.9 Å². The van der Waals surface area contributed by atoms with Crippen LogP contribution in [-0.2, 0) is 0 Å². The van der Waals surface area contributed by atoms with E-state index in [1.807, 2.05) is 6.92 Å². The van der Waals surface area contributed by atoms with Crippen LogP contribution in [0.25, 0.3) is 0 Å². The summed E-state index contributed by atoms with van der Waals surface area (Å²) < 4.78 is 0. The van der Waals surface area contributed by atoms with Crippen molar-refractivity contribution in [2.24, 2.45) is 0 Å². The molecule has 1 amide bonds. The van der Waals surface area contributed by atoms with Crippen molar-refractivity contribution in [3.8, 4) is 0 Å². The van der Waals surface area contributed by atoms with Crippen LogP contribution in [0.1, 0.15) is 16.1 Å². The number of nitrogens with one attached hydrogen (secondary N) is 1. The van der Waals surface area contributed by atoms with Gasteiger partial charge < -0.3 is 11.1 Å². The lowest BCUT2D eigenvalue weighted by atomic mass is 10.2. The standard InChI is InChI=1S/C12H12N4O/c1-8-7-14-6-4-10(8)16-12(17)11-9(13)3-2-5-15-11/h2-7H,13H2,1H3,(H,14,16,17). The van der Waals surface area contributed by atoms with Crippen LogP contribution in [0.4, 0.5) is 11.4 Å². The molecule has 17 heavy (non-hydrogen) atoms. The molecule has 2 heterocycles. The smallest absolute Gasteiger partial charge is 0.276 e. The molecule has 3 N–H and O–H groups in total. The number of nitrogens with zero attached hydrogens (tertiary/aromatic N) is 2. The molecule has 0 radical (unpaired) electrons. The maximum Gasteiger partial charge on any atom is 0.276 e. The normalized spacial score (nSPS) is 9.94. The highest BCUT2D eigenvalue weighted by Crippen LogP contribution is 2.14. The lowest BCUT2D eigenvalue weighted by Crippen LogP contribution is -2.16. The van der Waals surface area contributed by atoms with E-state index in [0.29, 0.717) is 11.4 Å². The van der Waals surface area contributed by atoms with Gasteiger partial charge in [-0.1, -0.05) is 0 Å². The van der Waals surface area contributed by atoms with Crippen molar-refractivity contribution in [2.45, 2.75) is 6.92 Å². The fourth-order valence-corrected chi connectivity index (χ4v) is 1.40. The van der Waals surface area contributed by atoms with Crippen LogP contribution in [0.15, 0.2) is 36.8 Å². The van der Waals surface area contributed by atoms with E-state index in [2.05, 4.69) is 15.3 Å². The molecule has 0 aliphatic heterocycles. The minimum absolute atomic E-state index is 0.226. The van der Waals surface area contributed by atoms with Crippen molar-refractivity contribution in [1.29, 1.82) is 0 Å². The van der Waals surface area contributed by atoms with E-state index in [1.165, 1.54) is 6.20 Å². The average Bonchev–Trinajstić information content (AvgIpc) is 2.32. The van der Waals surface area contributed by atoms with Crippen LogP contribution >= 0.6 is 0 Å². The summed E-state index contributed by atoms with van der Waals surface area (Å²) in [4.78, 5) is 19.8. The quantitative estimate of drug-likeness (QED) is 0.818. The Morgan fingerprint density at radius 2 is 2.18 bits per heavy atom. The number of hydrogen-bond acceptors (Lipinski definition) is 4. The van der Waals surface area contributed by atoms with Gasteiger partial charge in [-0.05, 0) is 30.7 Å². The summed E-state index contributed by atoms with van der Waals surface area (Å²) in [5.41, 5.74) is 7.85. The van der Waals surface area contributed by atoms with E-state index in [1.54, 1.807) is 30.6 Å². The highest BCUT2D eigenvalue weighted by molar-refractivity contribution is 6.06. The van der Waals surface area contributed by atoms with E-state index >= 15 is 0 Å². The van der Waals surface area contributed by atoms with Crippen LogP contribution in [0, 0.1) is 6.92 Å². The Morgan fingerprint density at radius 1 is 1.35 bits per heavy atom. The average molecular weight is 228 g/mol. The first kappa shape index (κ1) is 11.1. The number of aryl methyl sites for hydroxylation is 1. The summed E-state index contributed by atoms with van der Waals surface area (Å²) in [6, 6.07) is 5.05. The Kier molecular flexibility index (Phi) is 3.00. The number of pyridine rings is 2. The summed E-state index contributed by atoms with van der Waals surface area (Å²) in [7, 11) is 0. The zero-order valence-corrected chi connectivity index (χ0v) is 9.34. The van der Waals surface area contributed by atoms with E-state index in [0.717, 1.165) is 5.56 Å². The van der Waals surface area contributed by atoms with Crippen molar-refractivity contribution in [3.05, 3.63) is 48.0 Å². The van der Waals surface area contributed by atoms with Crippen molar-refractivity contribution in [3.63, 3.8) is 0 Å². The number of nitrogen functional groups attached to an aromatic ring is 1. The number of amides is 1. The molecule has 0 aliphatic carbocycles. The number of nitrogens with two attached hydrogens (primary N) is 1. The van der Waals surface area contributed by atoms with Gasteiger partial charge in [0, 0.05) is 24.3 Å². The van der Waals surface area contributed by atoms with Crippen LogP contribution in [0.3, 0.4) is 0 Å². The molecular formula is C12H12N4O. The van der Waals surface area contributed by atoms with Crippen LogP contribution < -0.4 is 11.1 Å². The lowest BCUT2D eigenvalue weighted by Gasteiger charge is -2.08. The number of aromatic nitrogens is 2. The number of carbonyl (C=O) groups is 1. The highest BCUT2D eigenvalue weighted by atomic mass is 16.1. The zero-order chi connectivity index (χ0) is 12.3. The molecule has 86 valence electrons. The first-order valence-corrected chi connectivity index (χ1v) is 5.11. The summed E-state index contributed by atoms with van der Waals surface area (Å²) in [6.45, 7) is 1.87. The van der Waals surface area contributed by atoms with E-state index < -0.39 is 0 Å². The molecule has 0 unspecified atom stereocenters. The number of rotatable bonds is 2. The van der Waals surface area contributed by atoms with Crippen molar-refractivity contribution < 1.29 is 4.79 Å². The highest BCUT2D eigenvalue weighted by Gasteiger charge is 2.11. The third kappa shape index (κ3) is 2.39. The van der Waals surface area contributed by atoms with E-state index in [9.17, 15) is 4.79 Å². The molecule has 0 bridgehead atoms. The Hall–Kier alpha value is -2.43. The molecule has 0 spiro atoms. The molecule has 0 saturated heterocycles. The van der Waals surface area contributed by atoms with Crippen molar-refractivity contribution >= 4 is 17.3 Å². The fraction of sp³-hybridized carbons (Fsp3) is 0.0833. The Bertz CT molecular complexity index is 554. The maximum absolute atomic E-state index is 11.9. The third-order valence-corrected chi connectivity index (χ3v) is 2.32. The van der Waals surface area contributed by atoms with Crippen LogP contribution in [0.5, 0.6) is 0 Å². The first-order valence-electron chi connectivity index (χ1n) is 5.11. The molecule has 0 aliphatic rings. The van der Waals surface area contributed by atoms with Gasteiger partial charge in [0.15, 0.2) is 5.69 Å².